The van der Waals surface area contributed by atoms with E-state index < -0.39 is 6.04 Å². The molecular weight excluding hydrogens is 296 g/mol. The summed E-state index contributed by atoms with van der Waals surface area (Å²) in [5, 5.41) is 2.87. The third-order valence-corrected chi connectivity index (χ3v) is 3.78. The summed E-state index contributed by atoms with van der Waals surface area (Å²) in [5.74, 6) is 0.809. The zero-order valence-electron chi connectivity index (χ0n) is 14.0. The minimum Gasteiger partial charge on any atom is -0.493 e. The highest BCUT2D eigenvalue weighted by atomic mass is 16.5. The first-order valence-electron chi connectivity index (χ1n) is 7.43. The lowest BCUT2D eigenvalue weighted by Crippen LogP contribution is -2.52. The summed E-state index contributed by atoms with van der Waals surface area (Å²) in [4.78, 5) is 25.8. The molecule has 1 heterocycles. The highest BCUT2D eigenvalue weighted by Gasteiger charge is 2.34. The van der Waals surface area contributed by atoms with Crippen LogP contribution < -0.4 is 14.8 Å². The molecule has 1 aliphatic heterocycles. The van der Waals surface area contributed by atoms with E-state index in [2.05, 4.69) is 5.32 Å². The summed E-state index contributed by atoms with van der Waals surface area (Å²) in [5.41, 5.74) is 1.30. The smallest absolute Gasteiger partial charge is 0.247 e. The first-order valence-corrected chi connectivity index (χ1v) is 7.43. The predicted octanol–water partition coefficient (Wildman–Crippen LogP) is 2.01. The van der Waals surface area contributed by atoms with Gasteiger partial charge in [0.2, 0.25) is 11.8 Å². The van der Waals surface area contributed by atoms with E-state index >= 15 is 0 Å². The Balaban J connectivity index is 2.45. The van der Waals surface area contributed by atoms with Crippen molar-refractivity contribution in [3.63, 3.8) is 0 Å². The summed E-state index contributed by atoms with van der Waals surface area (Å²) >= 11 is 0. The highest BCUT2D eigenvalue weighted by molar-refractivity contribution is 5.96. The van der Waals surface area contributed by atoms with Crippen LogP contribution in [0.3, 0.4) is 0 Å². The highest BCUT2D eigenvalue weighted by Crippen LogP contribution is 2.31. The van der Waals surface area contributed by atoms with Gasteiger partial charge in [0.1, 0.15) is 6.04 Å². The van der Waals surface area contributed by atoms with Crippen molar-refractivity contribution in [1.82, 2.24) is 10.2 Å². The zero-order valence-corrected chi connectivity index (χ0v) is 14.0. The Labute approximate surface area is 136 Å². The first-order chi connectivity index (χ1) is 10.9. The molecule has 0 saturated carbocycles. The molecule has 1 aromatic carbocycles. The van der Waals surface area contributed by atoms with Crippen LogP contribution in [0.25, 0.3) is 5.70 Å². The maximum Gasteiger partial charge on any atom is 0.247 e. The lowest BCUT2D eigenvalue weighted by atomic mass is 9.98. The molecule has 6 nitrogen and oxygen atoms in total. The summed E-state index contributed by atoms with van der Waals surface area (Å²) in [6.07, 6.45) is 1.68. The Kier molecular flexibility index (Phi) is 4.93. The molecule has 1 N–H and O–H groups in total. The molecule has 0 unspecified atom stereocenters. The molecule has 1 atom stereocenters. The fourth-order valence-corrected chi connectivity index (χ4v) is 2.65. The van der Waals surface area contributed by atoms with Crippen molar-refractivity contribution in [1.29, 1.82) is 0 Å². The topological polar surface area (TPSA) is 67.9 Å². The Bertz CT molecular complexity index is 652. The van der Waals surface area contributed by atoms with Crippen LogP contribution in [0.2, 0.25) is 0 Å². The van der Waals surface area contributed by atoms with Gasteiger partial charge in [0.25, 0.3) is 0 Å². The number of methoxy groups -OCH3 is 2. The van der Waals surface area contributed by atoms with Crippen LogP contribution in [0.4, 0.5) is 0 Å². The quantitative estimate of drug-likeness (QED) is 0.922. The van der Waals surface area contributed by atoms with Gasteiger partial charge in [0, 0.05) is 18.7 Å². The maximum atomic E-state index is 12.4. The number of carbonyl (C=O) groups is 2. The van der Waals surface area contributed by atoms with Crippen LogP contribution in [0.1, 0.15) is 26.3 Å². The number of benzene rings is 1. The number of nitrogens with one attached hydrogen (secondary N) is 1. The summed E-state index contributed by atoms with van der Waals surface area (Å²) in [6.45, 7) is 5.28. The van der Waals surface area contributed by atoms with E-state index in [4.69, 9.17) is 9.47 Å². The number of rotatable bonds is 4. The van der Waals surface area contributed by atoms with E-state index in [-0.39, 0.29) is 17.7 Å². The molecule has 2 rings (SSSR count). The van der Waals surface area contributed by atoms with E-state index in [0.29, 0.717) is 17.2 Å². The predicted molar refractivity (Wildman–Crippen MR) is 86.8 cm³/mol. The molecule has 1 aromatic rings. The van der Waals surface area contributed by atoms with Crippen LogP contribution in [0.5, 0.6) is 11.5 Å². The second kappa shape index (κ2) is 6.73. The van der Waals surface area contributed by atoms with E-state index in [1.54, 1.807) is 32.6 Å². The van der Waals surface area contributed by atoms with Crippen molar-refractivity contribution in [2.24, 2.45) is 5.92 Å². The molecule has 0 aliphatic carbocycles. The molecule has 0 radical (unpaired) electrons. The third-order valence-electron chi connectivity index (χ3n) is 3.78. The van der Waals surface area contributed by atoms with Crippen molar-refractivity contribution in [3.05, 3.63) is 30.0 Å². The molecule has 0 fully saturated rings. The molecule has 2 amide bonds. The molecule has 0 spiro atoms. The number of ether oxygens (including phenoxy) is 2. The SMILES string of the molecule is COc1ccc(C2=CN(C(C)=O)[C@@H](C(C)C)C(=O)N2)cc1OC. The Hall–Kier alpha value is -2.50. The van der Waals surface area contributed by atoms with Gasteiger partial charge in [0.05, 0.1) is 19.9 Å². The van der Waals surface area contributed by atoms with Crippen molar-refractivity contribution in [2.45, 2.75) is 26.8 Å². The van der Waals surface area contributed by atoms with Crippen LogP contribution >= 0.6 is 0 Å². The van der Waals surface area contributed by atoms with Gasteiger partial charge in [-0.15, -0.1) is 0 Å². The molecule has 0 bridgehead atoms. The van der Waals surface area contributed by atoms with Crippen LogP contribution in [0, 0.1) is 5.92 Å². The van der Waals surface area contributed by atoms with Crippen molar-refractivity contribution in [3.8, 4) is 11.5 Å². The largest absolute Gasteiger partial charge is 0.493 e. The fourth-order valence-electron chi connectivity index (χ4n) is 2.65. The average Bonchev–Trinajstić information content (AvgIpc) is 2.52. The normalized spacial score (nSPS) is 17.7. The number of hydrogen-bond acceptors (Lipinski definition) is 4. The second-order valence-corrected chi connectivity index (χ2v) is 5.72. The van der Waals surface area contributed by atoms with Gasteiger partial charge in [-0.2, -0.15) is 0 Å². The summed E-state index contributed by atoms with van der Waals surface area (Å²) in [6, 6.07) is 4.82. The molecule has 1 aliphatic rings. The molecule has 124 valence electrons. The van der Waals surface area contributed by atoms with Gasteiger partial charge in [-0.1, -0.05) is 13.8 Å². The van der Waals surface area contributed by atoms with Crippen molar-refractivity contribution < 1.29 is 19.1 Å². The Morgan fingerprint density at radius 1 is 1.22 bits per heavy atom. The van der Waals surface area contributed by atoms with Gasteiger partial charge in [0.15, 0.2) is 11.5 Å². The standard InChI is InChI=1S/C17H22N2O4/c1-10(2)16-17(21)18-13(9-19(16)11(3)20)12-6-7-14(22-4)15(8-12)23-5/h6-10,16H,1-5H3,(H,18,21)/t16-/m0/s1. The number of hydrogen-bond donors (Lipinski definition) is 1. The van der Waals surface area contributed by atoms with E-state index in [1.165, 1.54) is 11.8 Å². The Morgan fingerprint density at radius 3 is 2.39 bits per heavy atom. The van der Waals surface area contributed by atoms with Crippen molar-refractivity contribution >= 4 is 17.5 Å². The minimum absolute atomic E-state index is 0.0158. The minimum atomic E-state index is -0.503. The van der Waals surface area contributed by atoms with Crippen LogP contribution in [-0.4, -0.2) is 37.0 Å². The zero-order chi connectivity index (χ0) is 17.1. The van der Waals surface area contributed by atoms with Gasteiger partial charge in [-0.05, 0) is 24.1 Å². The average molecular weight is 318 g/mol. The van der Waals surface area contributed by atoms with E-state index in [1.807, 2.05) is 19.9 Å². The van der Waals surface area contributed by atoms with Gasteiger partial charge >= 0.3 is 0 Å². The number of carbonyl (C=O) groups excluding carboxylic acids is 2. The second-order valence-electron chi connectivity index (χ2n) is 5.72. The lowest BCUT2D eigenvalue weighted by molar-refractivity contribution is -0.137. The van der Waals surface area contributed by atoms with Gasteiger partial charge < -0.3 is 19.7 Å². The lowest BCUT2D eigenvalue weighted by Gasteiger charge is -2.35. The van der Waals surface area contributed by atoms with E-state index in [0.717, 1.165) is 5.56 Å². The van der Waals surface area contributed by atoms with Crippen molar-refractivity contribution in [2.75, 3.05) is 14.2 Å². The van der Waals surface area contributed by atoms with Crippen LogP contribution in [0.15, 0.2) is 24.4 Å². The monoisotopic (exact) mass is 318 g/mol. The maximum absolute atomic E-state index is 12.4. The third kappa shape index (κ3) is 3.31. The Morgan fingerprint density at radius 2 is 1.87 bits per heavy atom. The van der Waals surface area contributed by atoms with E-state index in [9.17, 15) is 9.59 Å². The molecule has 23 heavy (non-hydrogen) atoms. The number of nitrogens with zero attached hydrogens (tertiary/aromatic N) is 1. The fraction of sp³-hybridized carbons (Fsp3) is 0.412. The molecular formula is C17H22N2O4. The first kappa shape index (κ1) is 16.9. The molecule has 0 saturated heterocycles. The van der Waals surface area contributed by atoms with Crippen LogP contribution in [-0.2, 0) is 9.59 Å². The summed E-state index contributed by atoms with van der Waals surface area (Å²) < 4.78 is 10.5. The number of amides is 2. The molecule has 6 heteroatoms. The van der Waals surface area contributed by atoms with Gasteiger partial charge in [-0.25, -0.2) is 0 Å². The van der Waals surface area contributed by atoms with Gasteiger partial charge in [-0.3, -0.25) is 9.59 Å². The summed E-state index contributed by atoms with van der Waals surface area (Å²) in [7, 11) is 3.11. The molecule has 0 aromatic heterocycles.